The topological polar surface area (TPSA) is 121 Å². The van der Waals surface area contributed by atoms with E-state index in [1.807, 2.05) is 6.07 Å². The fourth-order valence-corrected chi connectivity index (χ4v) is 2.79. The van der Waals surface area contributed by atoms with E-state index < -0.39 is 5.97 Å². The smallest absolute Gasteiger partial charge is 0.356 e. The summed E-state index contributed by atoms with van der Waals surface area (Å²) in [7, 11) is 1.56. The number of carbonyl (C=O) groups is 1. The second kappa shape index (κ2) is 8.59. The van der Waals surface area contributed by atoms with Crippen LogP contribution < -0.4 is 15.9 Å². The van der Waals surface area contributed by atoms with Gasteiger partial charge in [0.05, 0.1) is 24.0 Å². The number of carboxylic acid groups (broad SMARTS) is 1. The molecule has 0 bridgehead atoms. The number of benzene rings is 3. The first kappa shape index (κ1) is 19.5. The number of hydrogen-bond donors (Lipinski definition) is 3. The summed E-state index contributed by atoms with van der Waals surface area (Å²) < 4.78 is 5.16. The molecule has 0 saturated heterocycles. The average Bonchev–Trinajstić information content (AvgIpc) is 2.74. The molecular weight excluding hydrogens is 368 g/mol. The van der Waals surface area contributed by atoms with Crippen molar-refractivity contribution in [3.63, 3.8) is 0 Å². The van der Waals surface area contributed by atoms with Crippen molar-refractivity contribution >= 4 is 23.1 Å². The molecule has 0 heterocycles. The van der Waals surface area contributed by atoms with Crippen LogP contribution in [0.4, 0.5) is 11.4 Å². The molecule has 0 saturated carbocycles. The SMILES string of the molecule is COc1ccc(-c2cc(/C(=N/Nc3ccccc3)C(=O)O)cc(N)c2C#N)cc1. The van der Waals surface area contributed by atoms with E-state index >= 15 is 0 Å². The van der Waals surface area contributed by atoms with Crippen LogP contribution in [-0.4, -0.2) is 23.9 Å². The van der Waals surface area contributed by atoms with E-state index in [1.54, 1.807) is 61.7 Å². The highest BCUT2D eigenvalue weighted by Crippen LogP contribution is 2.30. The fraction of sp³-hybridized carbons (Fsp3) is 0.0455. The van der Waals surface area contributed by atoms with Crippen molar-refractivity contribution in [1.82, 2.24) is 0 Å². The van der Waals surface area contributed by atoms with Gasteiger partial charge in [0.1, 0.15) is 11.8 Å². The molecule has 0 atom stereocenters. The van der Waals surface area contributed by atoms with E-state index in [0.717, 1.165) is 0 Å². The lowest BCUT2D eigenvalue weighted by Gasteiger charge is -2.12. The van der Waals surface area contributed by atoms with Crippen LogP contribution in [0, 0.1) is 11.3 Å². The van der Waals surface area contributed by atoms with Crippen LogP contribution in [0.5, 0.6) is 5.75 Å². The van der Waals surface area contributed by atoms with Crippen molar-refractivity contribution < 1.29 is 14.6 Å². The second-order valence-electron chi connectivity index (χ2n) is 6.07. The zero-order valence-electron chi connectivity index (χ0n) is 15.6. The number of aliphatic carboxylic acids is 1. The highest BCUT2D eigenvalue weighted by atomic mass is 16.5. The molecule has 0 aliphatic heterocycles. The van der Waals surface area contributed by atoms with E-state index in [-0.39, 0.29) is 22.5 Å². The third-order valence-corrected chi connectivity index (χ3v) is 4.23. The first-order valence-corrected chi connectivity index (χ1v) is 8.64. The molecule has 0 fully saturated rings. The number of nitrogen functional groups attached to an aromatic ring is 1. The molecular formula is C22H18N4O3. The molecule has 3 aromatic rings. The molecule has 0 unspecified atom stereocenters. The first-order valence-electron chi connectivity index (χ1n) is 8.64. The van der Waals surface area contributed by atoms with Gasteiger partial charge in [0.25, 0.3) is 0 Å². The number of hydrogen-bond acceptors (Lipinski definition) is 6. The highest BCUT2D eigenvalue weighted by molar-refractivity contribution is 6.43. The Labute approximate surface area is 167 Å². The number of carboxylic acids is 1. The minimum absolute atomic E-state index is 0.171. The summed E-state index contributed by atoms with van der Waals surface area (Å²) in [5, 5.41) is 23.2. The fourth-order valence-electron chi connectivity index (χ4n) is 2.79. The Balaban J connectivity index is 2.09. The number of ether oxygens (including phenoxy) is 1. The predicted octanol–water partition coefficient (Wildman–Crippen LogP) is 3.72. The van der Waals surface area contributed by atoms with Gasteiger partial charge in [-0.2, -0.15) is 10.4 Å². The van der Waals surface area contributed by atoms with Gasteiger partial charge >= 0.3 is 5.97 Å². The Morgan fingerprint density at radius 1 is 1.14 bits per heavy atom. The van der Waals surface area contributed by atoms with Gasteiger partial charge in [-0.05, 0) is 42.0 Å². The molecule has 0 amide bonds. The zero-order chi connectivity index (χ0) is 20.8. The number of hydrazone groups is 1. The normalized spacial score (nSPS) is 10.8. The van der Waals surface area contributed by atoms with E-state index in [1.165, 1.54) is 6.07 Å². The van der Waals surface area contributed by atoms with Crippen LogP contribution in [0.15, 0.2) is 71.8 Å². The number of nitrogens with two attached hydrogens (primary N) is 1. The highest BCUT2D eigenvalue weighted by Gasteiger charge is 2.18. The Hall–Kier alpha value is -4.31. The van der Waals surface area contributed by atoms with Crippen molar-refractivity contribution in [2.24, 2.45) is 5.10 Å². The van der Waals surface area contributed by atoms with Crippen molar-refractivity contribution in [2.45, 2.75) is 0 Å². The van der Waals surface area contributed by atoms with Gasteiger partial charge in [-0.3, -0.25) is 5.43 Å². The number of nitriles is 1. The lowest BCUT2D eigenvalue weighted by molar-refractivity contribution is -0.129. The van der Waals surface area contributed by atoms with E-state index in [4.69, 9.17) is 10.5 Å². The second-order valence-corrected chi connectivity index (χ2v) is 6.07. The van der Waals surface area contributed by atoms with Crippen LogP contribution in [0.25, 0.3) is 11.1 Å². The third-order valence-electron chi connectivity index (χ3n) is 4.23. The number of anilines is 2. The third kappa shape index (κ3) is 4.34. The van der Waals surface area contributed by atoms with Crippen molar-refractivity contribution in [3.05, 3.63) is 77.9 Å². The number of nitrogens with one attached hydrogen (secondary N) is 1. The summed E-state index contributed by atoms with van der Waals surface area (Å²) in [5.74, 6) is -0.561. The van der Waals surface area contributed by atoms with Crippen LogP contribution in [0.3, 0.4) is 0 Å². The number of para-hydroxylation sites is 1. The Kier molecular flexibility index (Phi) is 5.76. The zero-order valence-corrected chi connectivity index (χ0v) is 15.6. The quantitative estimate of drug-likeness (QED) is 0.337. The molecule has 3 rings (SSSR count). The Bertz CT molecular complexity index is 1100. The standard InChI is InChI=1S/C22H18N4O3/c1-29-17-9-7-14(8-10-17)18-11-15(12-20(24)19(18)13-23)21(22(27)28)26-25-16-5-3-2-4-6-16/h2-12,25H,24H2,1H3,(H,27,28)/b26-21-. The van der Waals surface area contributed by atoms with Gasteiger partial charge in [0.2, 0.25) is 0 Å². The number of nitrogens with zero attached hydrogens (tertiary/aromatic N) is 2. The maximum Gasteiger partial charge on any atom is 0.356 e. The van der Waals surface area contributed by atoms with Gasteiger partial charge in [-0.25, -0.2) is 4.79 Å². The summed E-state index contributed by atoms with van der Waals surface area (Å²) in [6, 6.07) is 21.1. The lowest BCUT2D eigenvalue weighted by Crippen LogP contribution is -2.17. The van der Waals surface area contributed by atoms with Crippen LogP contribution >= 0.6 is 0 Å². The summed E-state index contributed by atoms with van der Waals surface area (Å²) >= 11 is 0. The van der Waals surface area contributed by atoms with Gasteiger partial charge in [-0.15, -0.1) is 0 Å². The first-order chi connectivity index (χ1) is 14.0. The largest absolute Gasteiger partial charge is 0.497 e. The summed E-state index contributed by atoms with van der Waals surface area (Å²) in [4.78, 5) is 11.8. The summed E-state index contributed by atoms with van der Waals surface area (Å²) in [5.41, 5.74) is 11.1. The van der Waals surface area contributed by atoms with Crippen molar-refractivity contribution in [2.75, 3.05) is 18.3 Å². The average molecular weight is 386 g/mol. The minimum atomic E-state index is -1.22. The van der Waals surface area contributed by atoms with Crippen LogP contribution in [-0.2, 0) is 4.79 Å². The van der Waals surface area contributed by atoms with Crippen LogP contribution in [0.2, 0.25) is 0 Å². The molecule has 0 radical (unpaired) electrons. The lowest BCUT2D eigenvalue weighted by atomic mass is 9.94. The molecule has 0 aromatic heterocycles. The Morgan fingerprint density at radius 3 is 2.41 bits per heavy atom. The maximum atomic E-state index is 11.8. The molecule has 0 aliphatic rings. The van der Waals surface area contributed by atoms with Crippen molar-refractivity contribution in [3.8, 4) is 22.9 Å². The molecule has 4 N–H and O–H groups in total. The molecule has 144 valence electrons. The van der Waals surface area contributed by atoms with E-state index in [9.17, 15) is 15.2 Å². The molecule has 7 nitrogen and oxygen atoms in total. The van der Waals surface area contributed by atoms with Crippen LogP contribution in [0.1, 0.15) is 11.1 Å². The number of methoxy groups -OCH3 is 1. The molecule has 0 aliphatic carbocycles. The number of rotatable bonds is 6. The maximum absolute atomic E-state index is 11.8. The van der Waals surface area contributed by atoms with E-state index in [0.29, 0.717) is 22.6 Å². The van der Waals surface area contributed by atoms with Crippen molar-refractivity contribution in [1.29, 1.82) is 5.26 Å². The Morgan fingerprint density at radius 2 is 1.83 bits per heavy atom. The van der Waals surface area contributed by atoms with Gasteiger partial charge in [0, 0.05) is 11.1 Å². The molecule has 29 heavy (non-hydrogen) atoms. The minimum Gasteiger partial charge on any atom is -0.497 e. The molecule has 0 spiro atoms. The van der Waals surface area contributed by atoms with E-state index in [2.05, 4.69) is 16.6 Å². The molecule has 7 heteroatoms. The summed E-state index contributed by atoms with van der Waals surface area (Å²) in [6.07, 6.45) is 0. The predicted molar refractivity (Wildman–Crippen MR) is 112 cm³/mol. The summed E-state index contributed by atoms with van der Waals surface area (Å²) in [6.45, 7) is 0. The monoisotopic (exact) mass is 386 g/mol. The van der Waals surface area contributed by atoms with Gasteiger partial charge in [-0.1, -0.05) is 30.3 Å². The van der Waals surface area contributed by atoms with Gasteiger partial charge < -0.3 is 15.6 Å². The van der Waals surface area contributed by atoms with Gasteiger partial charge in [0.15, 0.2) is 5.71 Å². The molecule has 3 aromatic carbocycles.